The Morgan fingerprint density at radius 1 is 1.13 bits per heavy atom. The number of likely N-dealkylation sites (N-methyl/N-ethyl adjacent to an activating group) is 1. The summed E-state index contributed by atoms with van der Waals surface area (Å²) in [7, 11) is 1.88. The summed E-state index contributed by atoms with van der Waals surface area (Å²) in [6.45, 7) is 1.15. The first-order chi connectivity index (χ1) is 14.8. The van der Waals surface area contributed by atoms with E-state index in [9.17, 15) is 22.4 Å². The van der Waals surface area contributed by atoms with E-state index in [1.807, 2.05) is 12.4 Å². The molecule has 31 heavy (non-hydrogen) atoms. The second-order valence-electron chi connectivity index (χ2n) is 6.66. The molecule has 3 rings (SSSR count). The fraction of sp³-hybridized carbons (Fsp3) is 0.182. The first-order valence-corrected chi connectivity index (χ1v) is 9.45. The van der Waals surface area contributed by atoms with Crippen LogP contribution in [0.2, 0.25) is 0 Å². The average molecular weight is 434 g/mol. The molecule has 0 fully saturated rings. The van der Waals surface area contributed by atoms with Gasteiger partial charge >= 0.3 is 6.18 Å². The number of carbonyl (C=O) groups excluding carboxylic acids is 1. The van der Waals surface area contributed by atoms with Crippen LogP contribution in [0.25, 0.3) is 11.1 Å². The molecule has 0 radical (unpaired) electrons. The second-order valence-corrected chi connectivity index (χ2v) is 6.66. The van der Waals surface area contributed by atoms with Crippen LogP contribution in [0.3, 0.4) is 0 Å². The molecular weight excluding hydrogens is 414 g/mol. The maximum Gasteiger partial charge on any atom is 0.416 e. The molecule has 3 aromatic rings. The summed E-state index contributed by atoms with van der Waals surface area (Å²) in [6.07, 6.45) is -3.17. The average Bonchev–Trinajstić information content (AvgIpc) is 2.74. The number of aromatic nitrogens is 1. The molecule has 0 saturated heterocycles. The van der Waals surface area contributed by atoms with Gasteiger partial charge in [-0.05, 0) is 48.0 Å². The molecule has 0 aliphatic rings. The predicted octanol–water partition coefficient (Wildman–Crippen LogP) is 3.62. The van der Waals surface area contributed by atoms with Gasteiger partial charge in [0.05, 0.1) is 31.3 Å². The van der Waals surface area contributed by atoms with Crippen molar-refractivity contribution in [2.45, 2.75) is 6.18 Å². The van der Waals surface area contributed by atoms with Gasteiger partial charge in [0.1, 0.15) is 11.6 Å². The molecule has 0 atom stereocenters. The first kappa shape index (κ1) is 22.2. The van der Waals surface area contributed by atoms with Crippen LogP contribution in [-0.2, 0) is 6.18 Å². The third kappa shape index (κ3) is 5.79. The third-order valence-electron chi connectivity index (χ3n) is 4.36. The summed E-state index contributed by atoms with van der Waals surface area (Å²) in [5.41, 5.74) is 0.171. The zero-order valence-electron chi connectivity index (χ0n) is 16.5. The fourth-order valence-electron chi connectivity index (χ4n) is 2.78. The number of rotatable bonds is 7. The van der Waals surface area contributed by atoms with E-state index in [-0.39, 0.29) is 23.1 Å². The quantitative estimate of drug-likeness (QED) is 0.441. The van der Waals surface area contributed by atoms with Crippen LogP contribution in [0, 0.1) is 5.82 Å². The molecule has 1 aromatic heterocycles. The number of benzene rings is 2. The SMILES string of the molecule is C[NH2+]CCNC(=O)c1cnc(Oc2ccc(C(F)(F)F)cc2)c(-c2cccc(F)c2)c1. The maximum absolute atomic E-state index is 13.8. The van der Waals surface area contributed by atoms with Gasteiger partial charge in [-0.25, -0.2) is 9.37 Å². The minimum absolute atomic E-state index is 0.0313. The Balaban J connectivity index is 1.94. The molecular formula is C22H20F4N3O2+. The lowest BCUT2D eigenvalue weighted by molar-refractivity contribution is -0.624. The number of hydrogen-bond donors (Lipinski definition) is 2. The zero-order valence-corrected chi connectivity index (χ0v) is 16.5. The first-order valence-electron chi connectivity index (χ1n) is 9.45. The molecule has 0 spiro atoms. The topological polar surface area (TPSA) is 67.8 Å². The number of alkyl halides is 3. The van der Waals surface area contributed by atoms with Crippen molar-refractivity contribution in [1.82, 2.24) is 10.3 Å². The molecule has 3 N–H and O–H groups in total. The minimum Gasteiger partial charge on any atom is -0.438 e. The molecule has 1 amide bonds. The Labute approximate surface area is 176 Å². The highest BCUT2D eigenvalue weighted by Gasteiger charge is 2.30. The lowest BCUT2D eigenvalue weighted by Crippen LogP contribution is -2.81. The summed E-state index contributed by atoms with van der Waals surface area (Å²) >= 11 is 0. The van der Waals surface area contributed by atoms with Gasteiger partial charge in [-0.3, -0.25) is 4.79 Å². The summed E-state index contributed by atoms with van der Waals surface area (Å²) in [6, 6.07) is 11.3. The number of hydrogen-bond acceptors (Lipinski definition) is 3. The fourth-order valence-corrected chi connectivity index (χ4v) is 2.78. The van der Waals surface area contributed by atoms with Crippen molar-refractivity contribution < 1.29 is 32.4 Å². The summed E-state index contributed by atoms with van der Waals surface area (Å²) < 4.78 is 57.8. The van der Waals surface area contributed by atoms with Crippen LogP contribution in [0.15, 0.2) is 60.8 Å². The van der Waals surface area contributed by atoms with Gasteiger partial charge in [0.25, 0.3) is 5.91 Å². The highest BCUT2D eigenvalue weighted by molar-refractivity contribution is 5.95. The van der Waals surface area contributed by atoms with Crippen LogP contribution in [0.5, 0.6) is 11.6 Å². The second kappa shape index (κ2) is 9.57. The lowest BCUT2D eigenvalue weighted by Gasteiger charge is -2.13. The Morgan fingerprint density at radius 3 is 2.52 bits per heavy atom. The van der Waals surface area contributed by atoms with E-state index >= 15 is 0 Å². The van der Waals surface area contributed by atoms with Crippen LogP contribution in [0.4, 0.5) is 17.6 Å². The van der Waals surface area contributed by atoms with Crippen LogP contribution < -0.4 is 15.4 Å². The Morgan fingerprint density at radius 2 is 1.87 bits per heavy atom. The summed E-state index contributed by atoms with van der Waals surface area (Å²) in [5.74, 6) is -0.697. The van der Waals surface area contributed by atoms with E-state index in [1.54, 1.807) is 6.07 Å². The largest absolute Gasteiger partial charge is 0.438 e. The minimum atomic E-state index is -4.46. The van der Waals surface area contributed by atoms with Crippen LogP contribution >= 0.6 is 0 Å². The van der Waals surface area contributed by atoms with E-state index in [1.165, 1.54) is 42.6 Å². The molecule has 0 aliphatic heterocycles. The number of ether oxygens (including phenoxy) is 1. The highest BCUT2D eigenvalue weighted by Crippen LogP contribution is 2.34. The lowest BCUT2D eigenvalue weighted by atomic mass is 10.0. The number of halogens is 4. The molecule has 2 aromatic carbocycles. The van der Waals surface area contributed by atoms with E-state index in [4.69, 9.17) is 4.74 Å². The van der Waals surface area contributed by atoms with Crippen molar-refractivity contribution in [3.8, 4) is 22.8 Å². The van der Waals surface area contributed by atoms with Crippen molar-refractivity contribution in [2.24, 2.45) is 0 Å². The van der Waals surface area contributed by atoms with E-state index in [0.29, 0.717) is 24.2 Å². The molecule has 0 saturated carbocycles. The summed E-state index contributed by atoms with van der Waals surface area (Å²) in [5, 5.41) is 4.66. The predicted molar refractivity (Wildman–Crippen MR) is 106 cm³/mol. The molecule has 0 bridgehead atoms. The van der Waals surface area contributed by atoms with Crippen LogP contribution in [0.1, 0.15) is 15.9 Å². The van der Waals surface area contributed by atoms with Gasteiger partial charge < -0.3 is 15.4 Å². The van der Waals surface area contributed by atoms with Crippen molar-refractivity contribution in [1.29, 1.82) is 0 Å². The number of nitrogens with two attached hydrogens (primary N) is 1. The number of quaternary nitrogens is 1. The number of nitrogens with one attached hydrogen (secondary N) is 1. The van der Waals surface area contributed by atoms with Crippen molar-refractivity contribution in [2.75, 3.05) is 20.1 Å². The standard InChI is InChI=1S/C22H19F4N3O2/c1-27-9-10-28-20(30)15-12-19(14-3-2-4-17(23)11-14)21(29-13-15)31-18-7-5-16(6-8-18)22(24,25)26/h2-8,11-13,27H,9-10H2,1H3,(H,28,30)/p+1. The van der Waals surface area contributed by atoms with Crippen molar-refractivity contribution >= 4 is 5.91 Å². The Kier molecular flexibility index (Phi) is 6.86. The molecule has 0 unspecified atom stereocenters. The third-order valence-corrected chi connectivity index (χ3v) is 4.36. The van der Waals surface area contributed by atoms with E-state index in [2.05, 4.69) is 10.3 Å². The molecule has 9 heteroatoms. The highest BCUT2D eigenvalue weighted by atomic mass is 19.4. The van der Waals surface area contributed by atoms with Crippen molar-refractivity contribution in [3.63, 3.8) is 0 Å². The van der Waals surface area contributed by atoms with E-state index in [0.717, 1.165) is 12.1 Å². The number of amides is 1. The van der Waals surface area contributed by atoms with Gasteiger partial charge in [-0.15, -0.1) is 0 Å². The number of nitrogens with zero attached hydrogens (tertiary/aromatic N) is 1. The number of carbonyl (C=O) groups is 1. The molecule has 0 aliphatic carbocycles. The van der Waals surface area contributed by atoms with Gasteiger partial charge in [0.15, 0.2) is 0 Å². The monoisotopic (exact) mass is 434 g/mol. The Bertz CT molecular complexity index is 1050. The summed E-state index contributed by atoms with van der Waals surface area (Å²) in [4.78, 5) is 16.5. The van der Waals surface area contributed by atoms with Gasteiger partial charge in [-0.2, -0.15) is 13.2 Å². The maximum atomic E-state index is 13.8. The van der Waals surface area contributed by atoms with E-state index < -0.39 is 17.6 Å². The smallest absolute Gasteiger partial charge is 0.416 e. The Hall–Kier alpha value is -3.46. The normalized spacial score (nSPS) is 11.3. The van der Waals surface area contributed by atoms with Crippen molar-refractivity contribution in [3.05, 3.63) is 77.7 Å². The van der Waals surface area contributed by atoms with Crippen LogP contribution in [-0.4, -0.2) is 31.0 Å². The molecule has 1 heterocycles. The zero-order chi connectivity index (χ0) is 22.4. The number of pyridine rings is 1. The van der Waals surface area contributed by atoms with Gasteiger partial charge in [0.2, 0.25) is 5.88 Å². The van der Waals surface area contributed by atoms with Gasteiger partial charge in [-0.1, -0.05) is 12.1 Å². The molecule has 5 nitrogen and oxygen atoms in total. The molecule has 162 valence electrons. The van der Waals surface area contributed by atoms with Gasteiger partial charge in [0, 0.05) is 11.8 Å².